The Morgan fingerprint density at radius 1 is 1.45 bits per heavy atom. The van der Waals surface area contributed by atoms with E-state index in [4.69, 9.17) is 4.74 Å². The first-order valence-electron chi connectivity index (χ1n) is 6.39. The molecule has 0 radical (unpaired) electrons. The van der Waals surface area contributed by atoms with Crippen LogP contribution in [0.2, 0.25) is 0 Å². The minimum absolute atomic E-state index is 0.0395. The molecule has 2 rings (SSSR count). The number of nitrogens with zero attached hydrogens (tertiary/aromatic N) is 1. The molecule has 0 bridgehead atoms. The minimum Gasteiger partial charge on any atom is -0.374 e. The maximum absolute atomic E-state index is 12.6. The summed E-state index contributed by atoms with van der Waals surface area (Å²) in [5, 5.41) is 0. The van der Waals surface area contributed by atoms with E-state index in [0.717, 1.165) is 12.1 Å². The van der Waals surface area contributed by atoms with Crippen molar-refractivity contribution in [1.29, 1.82) is 0 Å². The number of carbonyl (C=O) groups excluding carboxylic acids is 1. The Morgan fingerprint density at radius 3 is 2.85 bits per heavy atom. The van der Waals surface area contributed by atoms with Crippen LogP contribution in [0.1, 0.15) is 18.1 Å². The third-order valence-corrected chi connectivity index (χ3v) is 3.30. The second kappa shape index (κ2) is 5.83. The van der Waals surface area contributed by atoms with Gasteiger partial charge in [-0.3, -0.25) is 4.79 Å². The molecule has 1 aromatic rings. The van der Waals surface area contributed by atoms with Crippen molar-refractivity contribution in [3.8, 4) is 0 Å². The van der Waals surface area contributed by atoms with Crippen LogP contribution >= 0.6 is 0 Å². The number of halogens is 3. The van der Waals surface area contributed by atoms with Gasteiger partial charge in [0.15, 0.2) is 0 Å². The van der Waals surface area contributed by atoms with Gasteiger partial charge in [0.2, 0.25) is 5.91 Å². The SMILES string of the molecule is CC(=O)N1CCO[C@@H](Cc2cccc(C(F)(F)F)c2)C1. The highest BCUT2D eigenvalue weighted by molar-refractivity contribution is 5.73. The van der Waals surface area contributed by atoms with E-state index in [1.165, 1.54) is 13.0 Å². The van der Waals surface area contributed by atoms with Crippen molar-refractivity contribution in [3.05, 3.63) is 35.4 Å². The molecule has 110 valence electrons. The van der Waals surface area contributed by atoms with Gasteiger partial charge in [0.1, 0.15) is 0 Å². The van der Waals surface area contributed by atoms with E-state index in [9.17, 15) is 18.0 Å². The summed E-state index contributed by atoms with van der Waals surface area (Å²) in [5.74, 6) is -0.0395. The molecule has 0 spiro atoms. The van der Waals surface area contributed by atoms with Crippen molar-refractivity contribution in [1.82, 2.24) is 4.90 Å². The van der Waals surface area contributed by atoms with Crippen LogP contribution in [-0.2, 0) is 22.1 Å². The Bertz CT molecular complexity index is 488. The van der Waals surface area contributed by atoms with Gasteiger partial charge in [0.25, 0.3) is 0 Å². The van der Waals surface area contributed by atoms with Crippen LogP contribution < -0.4 is 0 Å². The fourth-order valence-corrected chi connectivity index (χ4v) is 2.27. The third-order valence-electron chi connectivity index (χ3n) is 3.30. The molecule has 6 heteroatoms. The first kappa shape index (κ1) is 14.8. The van der Waals surface area contributed by atoms with Gasteiger partial charge in [-0.2, -0.15) is 13.2 Å². The summed E-state index contributed by atoms with van der Waals surface area (Å²) in [7, 11) is 0. The molecule has 0 saturated carbocycles. The summed E-state index contributed by atoms with van der Waals surface area (Å²) in [4.78, 5) is 13.0. The molecule has 0 unspecified atom stereocenters. The van der Waals surface area contributed by atoms with E-state index in [1.54, 1.807) is 11.0 Å². The standard InChI is InChI=1S/C14H16F3NO2/c1-10(19)18-5-6-20-13(9-18)8-11-3-2-4-12(7-11)14(15,16)17/h2-4,7,13H,5-6,8-9H2,1H3/t13-/m0/s1. The number of alkyl halides is 3. The number of benzene rings is 1. The van der Waals surface area contributed by atoms with Gasteiger partial charge < -0.3 is 9.64 Å². The predicted molar refractivity (Wildman–Crippen MR) is 67.1 cm³/mol. The summed E-state index contributed by atoms with van der Waals surface area (Å²) < 4.78 is 43.4. The Morgan fingerprint density at radius 2 is 2.20 bits per heavy atom. The molecule has 0 aliphatic carbocycles. The highest BCUT2D eigenvalue weighted by Crippen LogP contribution is 2.29. The van der Waals surface area contributed by atoms with Gasteiger partial charge in [-0.05, 0) is 11.6 Å². The normalized spacial score (nSPS) is 20.0. The van der Waals surface area contributed by atoms with Gasteiger partial charge in [-0.1, -0.05) is 18.2 Å². The van der Waals surface area contributed by atoms with Gasteiger partial charge in [0.05, 0.1) is 18.3 Å². The minimum atomic E-state index is -4.34. The average Bonchev–Trinajstić information content (AvgIpc) is 2.38. The lowest BCUT2D eigenvalue weighted by Gasteiger charge is -2.32. The van der Waals surface area contributed by atoms with Gasteiger partial charge in [-0.25, -0.2) is 0 Å². The molecule has 1 aliphatic rings. The lowest BCUT2D eigenvalue weighted by Crippen LogP contribution is -2.45. The maximum Gasteiger partial charge on any atom is 0.416 e. The molecule has 1 saturated heterocycles. The number of ether oxygens (including phenoxy) is 1. The molecule has 0 N–H and O–H groups in total. The largest absolute Gasteiger partial charge is 0.416 e. The quantitative estimate of drug-likeness (QED) is 0.836. The lowest BCUT2D eigenvalue weighted by atomic mass is 10.0. The second-order valence-corrected chi connectivity index (χ2v) is 4.86. The Kier molecular flexibility index (Phi) is 4.32. The molecular weight excluding hydrogens is 271 g/mol. The van der Waals surface area contributed by atoms with Gasteiger partial charge >= 0.3 is 6.18 Å². The van der Waals surface area contributed by atoms with Crippen molar-refractivity contribution in [2.45, 2.75) is 25.6 Å². The molecule has 20 heavy (non-hydrogen) atoms. The monoisotopic (exact) mass is 287 g/mol. The van der Waals surface area contributed by atoms with Crippen LogP contribution in [0.4, 0.5) is 13.2 Å². The van der Waals surface area contributed by atoms with Crippen molar-refractivity contribution >= 4 is 5.91 Å². The van der Waals surface area contributed by atoms with Crippen LogP contribution in [0, 0.1) is 0 Å². The van der Waals surface area contributed by atoms with Crippen molar-refractivity contribution in [2.24, 2.45) is 0 Å². The third kappa shape index (κ3) is 3.72. The smallest absolute Gasteiger partial charge is 0.374 e. The summed E-state index contributed by atoms with van der Waals surface area (Å²) in [6.45, 7) is 2.86. The first-order valence-corrected chi connectivity index (χ1v) is 6.39. The molecule has 1 aromatic carbocycles. The summed E-state index contributed by atoms with van der Waals surface area (Å²) in [6.07, 6.45) is -4.22. The van der Waals surface area contributed by atoms with Crippen LogP contribution in [0.15, 0.2) is 24.3 Å². The number of rotatable bonds is 2. The molecule has 1 aliphatic heterocycles. The predicted octanol–water partition coefficient (Wildman–Crippen LogP) is 2.50. The van der Waals surface area contributed by atoms with Crippen LogP contribution in [0.25, 0.3) is 0 Å². The number of morpholine rings is 1. The van der Waals surface area contributed by atoms with Crippen molar-refractivity contribution in [3.63, 3.8) is 0 Å². The fraction of sp³-hybridized carbons (Fsp3) is 0.500. The number of hydrogen-bond donors (Lipinski definition) is 0. The van der Waals surface area contributed by atoms with E-state index in [1.807, 2.05) is 0 Å². The van der Waals surface area contributed by atoms with E-state index < -0.39 is 11.7 Å². The lowest BCUT2D eigenvalue weighted by molar-refractivity contribution is -0.137. The zero-order chi connectivity index (χ0) is 14.8. The summed E-state index contributed by atoms with van der Waals surface area (Å²) in [6, 6.07) is 5.22. The number of hydrogen-bond acceptors (Lipinski definition) is 2. The van der Waals surface area contributed by atoms with Crippen LogP contribution in [0.3, 0.4) is 0 Å². The van der Waals surface area contributed by atoms with Gasteiger partial charge in [0, 0.05) is 26.4 Å². The van der Waals surface area contributed by atoms with E-state index >= 15 is 0 Å². The first-order chi connectivity index (χ1) is 9.36. The molecular formula is C14H16F3NO2. The zero-order valence-corrected chi connectivity index (χ0v) is 11.1. The number of carbonyl (C=O) groups is 1. The molecule has 1 heterocycles. The molecule has 1 amide bonds. The Labute approximate surface area is 115 Å². The maximum atomic E-state index is 12.6. The highest BCUT2D eigenvalue weighted by Gasteiger charge is 2.30. The second-order valence-electron chi connectivity index (χ2n) is 4.86. The Balaban J connectivity index is 2.04. The van der Waals surface area contributed by atoms with E-state index in [-0.39, 0.29) is 12.0 Å². The molecule has 0 aromatic heterocycles. The van der Waals surface area contributed by atoms with Crippen LogP contribution in [-0.4, -0.2) is 36.6 Å². The zero-order valence-electron chi connectivity index (χ0n) is 11.1. The topological polar surface area (TPSA) is 29.5 Å². The highest BCUT2D eigenvalue weighted by atomic mass is 19.4. The molecule has 1 fully saturated rings. The average molecular weight is 287 g/mol. The van der Waals surface area contributed by atoms with E-state index in [0.29, 0.717) is 31.7 Å². The van der Waals surface area contributed by atoms with Crippen molar-refractivity contribution in [2.75, 3.05) is 19.7 Å². The molecule has 1 atom stereocenters. The summed E-state index contributed by atoms with van der Waals surface area (Å²) in [5.41, 5.74) is -0.0931. The fourth-order valence-electron chi connectivity index (χ4n) is 2.27. The summed E-state index contributed by atoms with van der Waals surface area (Å²) >= 11 is 0. The van der Waals surface area contributed by atoms with Crippen molar-refractivity contribution < 1.29 is 22.7 Å². The molecule has 3 nitrogen and oxygen atoms in total. The van der Waals surface area contributed by atoms with Gasteiger partial charge in [-0.15, -0.1) is 0 Å². The number of amides is 1. The van der Waals surface area contributed by atoms with Crippen LogP contribution in [0.5, 0.6) is 0 Å². The Hall–Kier alpha value is -1.56. The van der Waals surface area contributed by atoms with E-state index in [2.05, 4.69) is 0 Å².